The number of ether oxygens (including phenoxy) is 2. The van der Waals surface area contributed by atoms with Crippen LogP contribution in [-0.2, 0) is 9.59 Å². The number of primary amides is 1. The first-order valence-corrected chi connectivity index (χ1v) is 8.81. The van der Waals surface area contributed by atoms with Crippen molar-refractivity contribution in [2.24, 2.45) is 5.73 Å². The molecule has 12 heteroatoms. The number of amidine groups is 1. The summed E-state index contributed by atoms with van der Waals surface area (Å²) >= 11 is 0.944. The van der Waals surface area contributed by atoms with E-state index in [9.17, 15) is 9.59 Å². The molecule has 146 valence electrons. The highest BCUT2D eigenvalue weighted by molar-refractivity contribution is 8.19. The zero-order chi connectivity index (χ0) is 20.3. The molecule has 1 aromatic carbocycles. The molecule has 0 radical (unpaired) electrons. The minimum Gasteiger partial charge on any atom is -0.490 e. The van der Waals surface area contributed by atoms with Crippen molar-refractivity contribution in [1.82, 2.24) is 10.3 Å². The molecular formula is C16H16N6O5S. The fourth-order valence-electron chi connectivity index (χ4n) is 2.33. The lowest BCUT2D eigenvalue weighted by atomic mass is 10.2. The van der Waals surface area contributed by atoms with Gasteiger partial charge in [0, 0.05) is 0 Å². The normalized spacial score (nSPS) is 15.3. The quantitative estimate of drug-likeness (QED) is 0.569. The smallest absolute Gasteiger partial charge is 0.272 e. The van der Waals surface area contributed by atoms with Gasteiger partial charge in [-0.1, -0.05) is 6.07 Å². The van der Waals surface area contributed by atoms with Gasteiger partial charge in [0.05, 0.1) is 11.5 Å². The first-order valence-electron chi connectivity index (χ1n) is 7.99. The Morgan fingerprint density at radius 1 is 1.36 bits per heavy atom. The first-order chi connectivity index (χ1) is 13.4. The molecule has 28 heavy (non-hydrogen) atoms. The van der Waals surface area contributed by atoms with Gasteiger partial charge >= 0.3 is 0 Å². The molecule has 0 spiro atoms. The number of thioether (sulfide) groups is 1. The second kappa shape index (κ2) is 8.00. The van der Waals surface area contributed by atoms with Gasteiger partial charge in [-0.05, 0) is 52.8 Å². The molecular weight excluding hydrogens is 388 g/mol. The Morgan fingerprint density at radius 3 is 2.79 bits per heavy atom. The first kappa shape index (κ1) is 19.2. The Hall–Kier alpha value is -3.54. The number of nitrogen functional groups attached to an aromatic ring is 1. The van der Waals surface area contributed by atoms with Gasteiger partial charge in [-0.15, -0.1) is 0 Å². The Morgan fingerprint density at radius 2 is 2.14 bits per heavy atom. The second-order valence-corrected chi connectivity index (χ2v) is 6.45. The van der Waals surface area contributed by atoms with Crippen LogP contribution in [0.4, 0.5) is 11.6 Å². The van der Waals surface area contributed by atoms with Crippen molar-refractivity contribution in [1.29, 1.82) is 5.41 Å². The van der Waals surface area contributed by atoms with Crippen LogP contribution in [0.5, 0.6) is 11.5 Å². The molecule has 1 saturated heterocycles. The number of carbonyl (C=O) groups excluding carboxylic acids is 2. The third-order valence-corrected chi connectivity index (χ3v) is 4.35. The highest BCUT2D eigenvalue weighted by Crippen LogP contribution is 2.37. The highest BCUT2D eigenvalue weighted by atomic mass is 32.2. The highest BCUT2D eigenvalue weighted by Gasteiger charge is 2.37. The van der Waals surface area contributed by atoms with Crippen LogP contribution in [0.1, 0.15) is 12.5 Å². The lowest BCUT2D eigenvalue weighted by Gasteiger charge is -2.11. The molecule has 2 amide bonds. The van der Waals surface area contributed by atoms with Crippen molar-refractivity contribution >= 4 is 46.5 Å². The van der Waals surface area contributed by atoms with E-state index >= 15 is 0 Å². The molecule has 11 nitrogen and oxygen atoms in total. The van der Waals surface area contributed by atoms with E-state index in [0.717, 1.165) is 16.7 Å². The van der Waals surface area contributed by atoms with Crippen molar-refractivity contribution in [3.63, 3.8) is 0 Å². The van der Waals surface area contributed by atoms with Crippen LogP contribution in [0.3, 0.4) is 0 Å². The number of hydrogen-bond acceptors (Lipinski definition) is 10. The Balaban J connectivity index is 1.87. The standard InChI is InChI=1S/C16H16N6O5S/c1-2-25-10-5-8(3-4-9(10)26-7-12(17)23)6-11-15(24)22(16(19)28-11)14-13(18)20-27-21-14/h3-6,19H,2,7H2,1H3,(H2,17,23)(H2,18,20)/b11-6+,19-16?. The average molecular weight is 404 g/mol. The Kier molecular flexibility index (Phi) is 5.49. The van der Waals surface area contributed by atoms with Gasteiger partial charge in [0.2, 0.25) is 11.6 Å². The molecule has 1 aromatic heterocycles. The molecule has 0 bridgehead atoms. The predicted octanol–water partition coefficient (Wildman–Crippen LogP) is 0.970. The number of nitrogens with zero attached hydrogens (tertiary/aromatic N) is 3. The summed E-state index contributed by atoms with van der Waals surface area (Å²) in [6.45, 7) is 1.89. The second-order valence-electron chi connectivity index (χ2n) is 5.42. The van der Waals surface area contributed by atoms with Gasteiger partial charge in [0.1, 0.15) is 0 Å². The summed E-state index contributed by atoms with van der Waals surface area (Å²) < 4.78 is 15.3. The van der Waals surface area contributed by atoms with Gasteiger partial charge in [0.15, 0.2) is 23.3 Å². The van der Waals surface area contributed by atoms with E-state index in [-0.39, 0.29) is 28.3 Å². The summed E-state index contributed by atoms with van der Waals surface area (Å²) in [4.78, 5) is 24.9. The van der Waals surface area contributed by atoms with Gasteiger partial charge in [0.25, 0.3) is 11.8 Å². The molecule has 0 aliphatic carbocycles. The number of nitrogens with two attached hydrogens (primary N) is 2. The van der Waals surface area contributed by atoms with Gasteiger partial charge < -0.3 is 20.9 Å². The average Bonchev–Trinajstić information content (AvgIpc) is 3.17. The number of nitrogens with one attached hydrogen (secondary N) is 1. The molecule has 1 fully saturated rings. The van der Waals surface area contributed by atoms with Crippen LogP contribution < -0.4 is 25.8 Å². The lowest BCUT2D eigenvalue weighted by molar-refractivity contribution is -0.120. The number of carbonyl (C=O) groups is 2. The number of anilines is 2. The van der Waals surface area contributed by atoms with Crippen LogP contribution in [-0.4, -0.2) is 40.5 Å². The van der Waals surface area contributed by atoms with Crippen molar-refractivity contribution in [2.45, 2.75) is 6.92 Å². The molecule has 3 rings (SSSR count). The van der Waals surface area contributed by atoms with E-state index < -0.39 is 11.8 Å². The van der Waals surface area contributed by atoms with Crippen LogP contribution >= 0.6 is 11.8 Å². The van der Waals surface area contributed by atoms with Crippen LogP contribution in [0, 0.1) is 5.41 Å². The maximum absolute atomic E-state index is 12.6. The molecule has 1 aliphatic heterocycles. The summed E-state index contributed by atoms with van der Waals surface area (Å²) in [6.07, 6.45) is 1.59. The monoisotopic (exact) mass is 404 g/mol. The fraction of sp³-hybridized carbons (Fsp3) is 0.188. The third kappa shape index (κ3) is 3.91. The van der Waals surface area contributed by atoms with Crippen molar-refractivity contribution < 1.29 is 23.7 Å². The minimum absolute atomic E-state index is 0.0314. The summed E-state index contributed by atoms with van der Waals surface area (Å²) in [5.74, 6) is -0.466. The van der Waals surface area contributed by atoms with E-state index in [1.165, 1.54) is 0 Å². The molecule has 0 unspecified atom stereocenters. The molecule has 0 atom stereocenters. The summed E-state index contributed by atoms with van der Waals surface area (Å²) in [5.41, 5.74) is 11.3. The van der Waals surface area contributed by atoms with E-state index in [0.29, 0.717) is 23.7 Å². The van der Waals surface area contributed by atoms with Crippen molar-refractivity contribution in [3.8, 4) is 11.5 Å². The largest absolute Gasteiger partial charge is 0.490 e. The number of aromatic nitrogens is 2. The molecule has 2 heterocycles. The van der Waals surface area contributed by atoms with E-state index in [4.69, 9.17) is 26.4 Å². The van der Waals surface area contributed by atoms with Gasteiger partial charge in [-0.2, -0.15) is 0 Å². The molecule has 1 aliphatic rings. The summed E-state index contributed by atoms with van der Waals surface area (Å²) in [5, 5.41) is 14.9. The maximum Gasteiger partial charge on any atom is 0.272 e. The molecule has 0 saturated carbocycles. The summed E-state index contributed by atoms with van der Waals surface area (Å²) in [7, 11) is 0. The van der Waals surface area contributed by atoms with Crippen LogP contribution in [0.15, 0.2) is 27.7 Å². The lowest BCUT2D eigenvalue weighted by Crippen LogP contribution is -2.29. The predicted molar refractivity (Wildman–Crippen MR) is 102 cm³/mol. The SMILES string of the molecule is CCOc1cc(/C=C2/SC(=N)N(c3nonc3N)C2=O)ccc1OCC(N)=O. The fourth-order valence-corrected chi connectivity index (χ4v) is 3.17. The number of amides is 2. The Labute approximate surface area is 163 Å². The van der Waals surface area contributed by atoms with E-state index in [2.05, 4.69) is 14.9 Å². The molecule has 5 N–H and O–H groups in total. The van der Waals surface area contributed by atoms with Crippen molar-refractivity contribution in [3.05, 3.63) is 28.7 Å². The van der Waals surface area contributed by atoms with Crippen molar-refractivity contribution in [2.75, 3.05) is 23.8 Å². The third-order valence-electron chi connectivity index (χ3n) is 3.47. The zero-order valence-corrected chi connectivity index (χ0v) is 15.5. The summed E-state index contributed by atoms with van der Waals surface area (Å²) in [6, 6.07) is 4.93. The van der Waals surface area contributed by atoms with Crippen LogP contribution in [0.25, 0.3) is 6.08 Å². The number of benzene rings is 1. The topological polar surface area (TPSA) is 171 Å². The van der Waals surface area contributed by atoms with Gasteiger partial charge in [-0.25, -0.2) is 9.53 Å². The molecule has 2 aromatic rings. The maximum atomic E-state index is 12.6. The van der Waals surface area contributed by atoms with E-state index in [1.54, 1.807) is 31.2 Å². The van der Waals surface area contributed by atoms with Gasteiger partial charge in [-0.3, -0.25) is 15.0 Å². The number of hydrogen-bond donors (Lipinski definition) is 3. The number of rotatable bonds is 7. The minimum atomic E-state index is -0.609. The van der Waals surface area contributed by atoms with E-state index in [1.807, 2.05) is 0 Å². The Bertz CT molecular complexity index is 972. The van der Waals surface area contributed by atoms with Crippen LogP contribution in [0.2, 0.25) is 0 Å². The zero-order valence-electron chi connectivity index (χ0n) is 14.7.